The number of aromatic nitrogens is 2. The van der Waals surface area contributed by atoms with Crippen LogP contribution in [-0.2, 0) is 5.88 Å². The highest BCUT2D eigenvalue weighted by Crippen LogP contribution is 2.29. The summed E-state index contributed by atoms with van der Waals surface area (Å²) in [4.78, 5) is 4.12. The topological polar surface area (TPSA) is 48.2 Å². The zero-order valence-corrected chi connectivity index (χ0v) is 10.7. The summed E-state index contributed by atoms with van der Waals surface area (Å²) in [6, 6.07) is 5.52. The Kier molecular flexibility index (Phi) is 3.46. The number of benzene rings is 1. The van der Waals surface area contributed by atoms with Crippen LogP contribution >= 0.6 is 27.5 Å². The first-order valence-corrected chi connectivity index (χ1v) is 5.80. The smallest absolute Gasteiger partial charge is 0.258 e. The largest absolute Gasteiger partial charge is 0.496 e. The Bertz CT molecular complexity index is 501. The number of halogens is 2. The van der Waals surface area contributed by atoms with Crippen molar-refractivity contribution in [3.05, 3.63) is 28.5 Å². The summed E-state index contributed by atoms with van der Waals surface area (Å²) in [7, 11) is 1.61. The molecule has 0 saturated heterocycles. The van der Waals surface area contributed by atoms with Crippen LogP contribution in [0.4, 0.5) is 0 Å². The molecule has 0 N–H and O–H groups in total. The normalized spacial score (nSPS) is 10.4. The highest BCUT2D eigenvalue weighted by Gasteiger charge is 2.10. The summed E-state index contributed by atoms with van der Waals surface area (Å²) < 4.78 is 11.0. The third kappa shape index (κ3) is 2.20. The standard InChI is InChI=1S/C10H8BrClN2O2/c1-15-8-3-2-6(4-7(8)11)10-13-9(5-12)14-16-10/h2-4H,5H2,1H3. The molecule has 0 spiro atoms. The van der Waals surface area contributed by atoms with Crippen molar-refractivity contribution in [2.75, 3.05) is 7.11 Å². The molecule has 6 heteroatoms. The van der Waals surface area contributed by atoms with Crippen molar-refractivity contribution in [3.8, 4) is 17.2 Å². The van der Waals surface area contributed by atoms with E-state index in [0.717, 1.165) is 15.8 Å². The van der Waals surface area contributed by atoms with Gasteiger partial charge in [0.25, 0.3) is 5.89 Å². The average Bonchev–Trinajstić information content (AvgIpc) is 2.77. The van der Waals surface area contributed by atoms with E-state index in [9.17, 15) is 0 Å². The number of methoxy groups -OCH3 is 1. The fourth-order valence-corrected chi connectivity index (χ4v) is 1.87. The third-order valence-electron chi connectivity index (χ3n) is 1.99. The molecule has 0 fully saturated rings. The number of hydrogen-bond acceptors (Lipinski definition) is 4. The molecule has 0 bridgehead atoms. The van der Waals surface area contributed by atoms with Crippen LogP contribution in [0.3, 0.4) is 0 Å². The van der Waals surface area contributed by atoms with Gasteiger partial charge in [-0.25, -0.2) is 0 Å². The Labute approximate surface area is 106 Å². The van der Waals surface area contributed by atoms with E-state index in [4.69, 9.17) is 20.9 Å². The van der Waals surface area contributed by atoms with Crippen molar-refractivity contribution in [1.29, 1.82) is 0 Å². The molecular weight excluding hydrogens is 295 g/mol. The van der Waals surface area contributed by atoms with E-state index in [0.29, 0.717) is 11.7 Å². The predicted octanol–water partition coefficient (Wildman–Crippen LogP) is 3.25. The summed E-state index contributed by atoms with van der Waals surface area (Å²) in [6.07, 6.45) is 0. The van der Waals surface area contributed by atoms with Crippen LogP contribution in [0.5, 0.6) is 5.75 Å². The molecule has 1 heterocycles. The Morgan fingerprint density at radius 3 is 2.88 bits per heavy atom. The van der Waals surface area contributed by atoms with Crippen molar-refractivity contribution in [2.45, 2.75) is 5.88 Å². The number of hydrogen-bond donors (Lipinski definition) is 0. The molecule has 0 saturated carbocycles. The van der Waals surface area contributed by atoms with Crippen molar-refractivity contribution in [1.82, 2.24) is 10.1 Å². The lowest BCUT2D eigenvalue weighted by molar-refractivity contribution is 0.411. The molecule has 0 radical (unpaired) electrons. The average molecular weight is 304 g/mol. The maximum Gasteiger partial charge on any atom is 0.258 e. The summed E-state index contributed by atoms with van der Waals surface area (Å²) in [5, 5.41) is 3.72. The fraction of sp³-hybridized carbons (Fsp3) is 0.200. The maximum absolute atomic E-state index is 5.59. The summed E-state index contributed by atoms with van der Waals surface area (Å²) in [5.74, 6) is 1.91. The first-order chi connectivity index (χ1) is 7.74. The third-order valence-corrected chi connectivity index (χ3v) is 2.85. The number of alkyl halides is 1. The molecule has 16 heavy (non-hydrogen) atoms. The van der Waals surface area contributed by atoms with Gasteiger partial charge in [-0.15, -0.1) is 11.6 Å². The van der Waals surface area contributed by atoms with Gasteiger partial charge in [-0.05, 0) is 34.1 Å². The molecular formula is C10H8BrClN2O2. The van der Waals surface area contributed by atoms with Gasteiger partial charge in [-0.3, -0.25) is 0 Å². The molecule has 1 aromatic carbocycles. The van der Waals surface area contributed by atoms with E-state index < -0.39 is 0 Å². The van der Waals surface area contributed by atoms with Gasteiger partial charge >= 0.3 is 0 Å². The van der Waals surface area contributed by atoms with Crippen molar-refractivity contribution < 1.29 is 9.26 Å². The van der Waals surface area contributed by atoms with Crippen LogP contribution < -0.4 is 4.74 Å². The van der Waals surface area contributed by atoms with Crippen LogP contribution in [0.25, 0.3) is 11.5 Å². The van der Waals surface area contributed by atoms with Gasteiger partial charge in [-0.2, -0.15) is 4.98 Å². The minimum atomic E-state index is 0.237. The van der Waals surface area contributed by atoms with Gasteiger partial charge in [0, 0.05) is 5.56 Å². The zero-order chi connectivity index (χ0) is 11.5. The predicted molar refractivity (Wildman–Crippen MR) is 63.5 cm³/mol. The van der Waals surface area contributed by atoms with Gasteiger partial charge in [0.2, 0.25) is 0 Å². The summed E-state index contributed by atoms with van der Waals surface area (Å²) >= 11 is 8.98. The van der Waals surface area contributed by atoms with E-state index in [1.54, 1.807) is 7.11 Å². The second kappa shape index (κ2) is 4.84. The lowest BCUT2D eigenvalue weighted by Gasteiger charge is -2.03. The highest BCUT2D eigenvalue weighted by atomic mass is 79.9. The molecule has 4 nitrogen and oxygen atoms in total. The lowest BCUT2D eigenvalue weighted by Crippen LogP contribution is -1.85. The first kappa shape index (κ1) is 11.4. The molecule has 1 aromatic heterocycles. The quantitative estimate of drug-likeness (QED) is 0.817. The van der Waals surface area contributed by atoms with E-state index in [1.807, 2.05) is 18.2 Å². The SMILES string of the molecule is COc1ccc(-c2nc(CCl)no2)cc1Br. The summed E-state index contributed by atoms with van der Waals surface area (Å²) in [5.41, 5.74) is 0.816. The minimum Gasteiger partial charge on any atom is -0.496 e. The Balaban J connectivity index is 2.37. The van der Waals surface area contributed by atoms with Crippen LogP contribution in [0, 0.1) is 0 Å². The summed E-state index contributed by atoms with van der Waals surface area (Å²) in [6.45, 7) is 0. The second-order valence-corrected chi connectivity index (χ2v) is 4.12. The number of ether oxygens (including phenoxy) is 1. The highest BCUT2D eigenvalue weighted by molar-refractivity contribution is 9.10. The molecule has 84 valence electrons. The van der Waals surface area contributed by atoms with E-state index in [1.165, 1.54) is 0 Å². The van der Waals surface area contributed by atoms with Crippen molar-refractivity contribution in [2.24, 2.45) is 0 Å². The minimum absolute atomic E-state index is 0.237. The maximum atomic E-state index is 5.59. The van der Waals surface area contributed by atoms with Crippen molar-refractivity contribution in [3.63, 3.8) is 0 Å². The molecule has 0 aliphatic heterocycles. The van der Waals surface area contributed by atoms with E-state index >= 15 is 0 Å². The molecule has 0 atom stereocenters. The van der Waals surface area contributed by atoms with Crippen molar-refractivity contribution >= 4 is 27.5 Å². The molecule has 0 unspecified atom stereocenters. The molecule has 0 aliphatic rings. The van der Waals surface area contributed by atoms with Crippen LogP contribution in [-0.4, -0.2) is 17.3 Å². The molecule has 0 amide bonds. The van der Waals surface area contributed by atoms with Crippen LogP contribution in [0.15, 0.2) is 27.2 Å². The van der Waals surface area contributed by atoms with E-state index in [-0.39, 0.29) is 5.88 Å². The molecule has 2 rings (SSSR count). The van der Waals surface area contributed by atoms with Gasteiger partial charge in [0.05, 0.1) is 17.5 Å². The lowest BCUT2D eigenvalue weighted by atomic mass is 10.2. The molecule has 0 aliphatic carbocycles. The molecule has 2 aromatic rings. The Morgan fingerprint density at radius 1 is 1.50 bits per heavy atom. The van der Waals surface area contributed by atoms with Gasteiger partial charge in [0.15, 0.2) is 5.82 Å². The van der Waals surface area contributed by atoms with Gasteiger partial charge < -0.3 is 9.26 Å². The van der Waals surface area contributed by atoms with Crippen LogP contribution in [0.1, 0.15) is 5.82 Å². The van der Waals surface area contributed by atoms with E-state index in [2.05, 4.69) is 26.1 Å². The monoisotopic (exact) mass is 302 g/mol. The zero-order valence-electron chi connectivity index (χ0n) is 8.41. The fourth-order valence-electron chi connectivity index (χ4n) is 1.22. The van der Waals surface area contributed by atoms with Crippen LogP contribution in [0.2, 0.25) is 0 Å². The number of rotatable bonds is 3. The second-order valence-electron chi connectivity index (χ2n) is 3.00. The van der Waals surface area contributed by atoms with Gasteiger partial charge in [0.1, 0.15) is 5.75 Å². The Morgan fingerprint density at radius 2 is 2.31 bits per heavy atom. The number of nitrogens with zero attached hydrogens (tertiary/aromatic N) is 2. The Hall–Kier alpha value is -1.07. The first-order valence-electron chi connectivity index (χ1n) is 4.47. The van der Waals surface area contributed by atoms with Gasteiger partial charge in [-0.1, -0.05) is 5.16 Å².